The first-order valence-electron chi connectivity index (χ1n) is 4.55. The van der Waals surface area contributed by atoms with Gasteiger partial charge in [-0.1, -0.05) is 28.1 Å². The average Bonchev–Trinajstić information content (AvgIpc) is 2.20. The molecule has 1 nitrogen and oxygen atoms in total. The molecule has 1 aromatic heterocycles. The van der Waals surface area contributed by atoms with Gasteiger partial charge >= 0.3 is 0 Å². The number of rotatable bonds is 1. The van der Waals surface area contributed by atoms with E-state index in [1.54, 1.807) is 0 Å². The SMILES string of the molecule is Cc1cc(Br)cnc1-c1ccc(Br)cc1. The first-order chi connectivity index (χ1) is 7.16. The predicted molar refractivity (Wildman–Crippen MR) is 69.8 cm³/mol. The molecule has 0 unspecified atom stereocenters. The van der Waals surface area contributed by atoms with Crippen molar-refractivity contribution in [1.82, 2.24) is 4.98 Å². The summed E-state index contributed by atoms with van der Waals surface area (Å²) in [6.45, 7) is 2.06. The molecule has 0 aliphatic rings. The van der Waals surface area contributed by atoms with E-state index < -0.39 is 0 Å². The number of benzene rings is 1. The van der Waals surface area contributed by atoms with Crippen molar-refractivity contribution < 1.29 is 0 Å². The van der Waals surface area contributed by atoms with E-state index in [9.17, 15) is 0 Å². The second-order valence-electron chi connectivity index (χ2n) is 3.33. The van der Waals surface area contributed by atoms with Crippen LogP contribution in [0.1, 0.15) is 5.56 Å². The van der Waals surface area contributed by atoms with E-state index in [4.69, 9.17) is 0 Å². The van der Waals surface area contributed by atoms with E-state index >= 15 is 0 Å². The van der Waals surface area contributed by atoms with Crippen molar-refractivity contribution in [2.75, 3.05) is 0 Å². The molecule has 76 valence electrons. The fourth-order valence-corrected chi connectivity index (χ4v) is 2.16. The molecule has 1 aromatic carbocycles. The Morgan fingerprint density at radius 2 is 1.67 bits per heavy atom. The van der Waals surface area contributed by atoms with Crippen LogP contribution in [0.2, 0.25) is 0 Å². The van der Waals surface area contributed by atoms with Gasteiger partial charge in [-0.15, -0.1) is 0 Å². The summed E-state index contributed by atoms with van der Waals surface area (Å²) >= 11 is 6.83. The third kappa shape index (κ3) is 2.47. The Morgan fingerprint density at radius 1 is 1.00 bits per heavy atom. The minimum atomic E-state index is 1.01. The molecule has 3 heteroatoms. The van der Waals surface area contributed by atoms with Gasteiger partial charge in [-0.3, -0.25) is 4.98 Å². The topological polar surface area (TPSA) is 12.9 Å². The Labute approximate surface area is 106 Å². The van der Waals surface area contributed by atoms with Crippen molar-refractivity contribution in [1.29, 1.82) is 0 Å². The molecule has 0 bridgehead atoms. The Hall–Kier alpha value is -0.670. The number of hydrogen-bond donors (Lipinski definition) is 0. The van der Waals surface area contributed by atoms with Crippen LogP contribution in [-0.4, -0.2) is 4.98 Å². The molecule has 1 heterocycles. The molecule has 0 fully saturated rings. The number of pyridine rings is 1. The molecule has 0 radical (unpaired) electrons. The van der Waals surface area contributed by atoms with Gasteiger partial charge in [0.25, 0.3) is 0 Å². The van der Waals surface area contributed by atoms with Gasteiger partial charge in [0.05, 0.1) is 5.69 Å². The monoisotopic (exact) mass is 325 g/mol. The van der Waals surface area contributed by atoms with Gasteiger partial charge in [-0.25, -0.2) is 0 Å². The van der Waals surface area contributed by atoms with Crippen molar-refractivity contribution >= 4 is 31.9 Å². The molecular weight excluding hydrogens is 318 g/mol. The third-order valence-electron chi connectivity index (χ3n) is 2.16. The van der Waals surface area contributed by atoms with Crippen LogP contribution in [0.15, 0.2) is 45.5 Å². The number of aromatic nitrogens is 1. The molecule has 15 heavy (non-hydrogen) atoms. The number of hydrogen-bond acceptors (Lipinski definition) is 1. The van der Waals surface area contributed by atoms with E-state index in [-0.39, 0.29) is 0 Å². The van der Waals surface area contributed by atoms with Gasteiger partial charge in [0, 0.05) is 20.7 Å². The van der Waals surface area contributed by atoms with Crippen LogP contribution in [0.4, 0.5) is 0 Å². The summed E-state index contributed by atoms with van der Waals surface area (Å²) in [5, 5.41) is 0. The summed E-state index contributed by atoms with van der Waals surface area (Å²) in [7, 11) is 0. The normalized spacial score (nSPS) is 10.3. The van der Waals surface area contributed by atoms with Crippen molar-refractivity contribution in [3.05, 3.63) is 51.0 Å². The van der Waals surface area contributed by atoms with Crippen LogP contribution in [0.25, 0.3) is 11.3 Å². The van der Waals surface area contributed by atoms with Crippen LogP contribution in [-0.2, 0) is 0 Å². The fourth-order valence-electron chi connectivity index (χ4n) is 1.45. The van der Waals surface area contributed by atoms with Crippen molar-refractivity contribution in [3.8, 4) is 11.3 Å². The van der Waals surface area contributed by atoms with Gasteiger partial charge < -0.3 is 0 Å². The maximum atomic E-state index is 4.42. The zero-order chi connectivity index (χ0) is 10.8. The zero-order valence-electron chi connectivity index (χ0n) is 8.17. The van der Waals surface area contributed by atoms with E-state index in [0.717, 1.165) is 20.2 Å². The summed E-state index contributed by atoms with van der Waals surface area (Å²) in [4.78, 5) is 4.42. The molecule has 0 N–H and O–H groups in total. The lowest BCUT2D eigenvalue weighted by Crippen LogP contribution is -1.87. The van der Waals surface area contributed by atoms with Crippen LogP contribution in [0.5, 0.6) is 0 Å². The highest BCUT2D eigenvalue weighted by molar-refractivity contribution is 9.10. The van der Waals surface area contributed by atoms with Crippen LogP contribution >= 0.6 is 31.9 Å². The first kappa shape index (κ1) is 10.8. The lowest BCUT2D eigenvalue weighted by Gasteiger charge is -2.05. The quantitative estimate of drug-likeness (QED) is 0.747. The fraction of sp³-hybridized carbons (Fsp3) is 0.0833. The minimum Gasteiger partial charge on any atom is -0.255 e. The molecular formula is C12H9Br2N. The van der Waals surface area contributed by atoms with Crippen molar-refractivity contribution in [2.45, 2.75) is 6.92 Å². The van der Waals surface area contributed by atoms with Gasteiger partial charge in [-0.05, 0) is 46.6 Å². The first-order valence-corrected chi connectivity index (χ1v) is 6.13. The Morgan fingerprint density at radius 3 is 2.27 bits per heavy atom. The molecule has 0 atom stereocenters. The lowest BCUT2D eigenvalue weighted by atomic mass is 10.1. The molecule has 2 rings (SSSR count). The standard InChI is InChI=1S/C12H9Br2N/c1-8-6-11(14)7-15-12(8)9-2-4-10(13)5-3-9/h2-7H,1H3. The minimum absolute atomic E-state index is 1.01. The van der Waals surface area contributed by atoms with Gasteiger partial charge in [-0.2, -0.15) is 0 Å². The second-order valence-corrected chi connectivity index (χ2v) is 5.16. The Kier molecular flexibility index (Phi) is 3.22. The summed E-state index contributed by atoms with van der Waals surface area (Å²) < 4.78 is 2.10. The highest BCUT2D eigenvalue weighted by Gasteiger charge is 2.03. The van der Waals surface area contributed by atoms with Crippen LogP contribution < -0.4 is 0 Å². The molecule has 2 aromatic rings. The van der Waals surface area contributed by atoms with E-state index in [0.29, 0.717) is 0 Å². The summed E-state index contributed by atoms with van der Waals surface area (Å²) in [5.41, 5.74) is 3.35. The van der Waals surface area contributed by atoms with E-state index in [2.05, 4.69) is 62.0 Å². The molecule has 0 amide bonds. The van der Waals surface area contributed by atoms with Gasteiger partial charge in [0.1, 0.15) is 0 Å². The Balaban J connectivity index is 2.49. The zero-order valence-corrected chi connectivity index (χ0v) is 11.3. The van der Waals surface area contributed by atoms with E-state index in [1.165, 1.54) is 5.56 Å². The maximum absolute atomic E-state index is 4.42. The smallest absolute Gasteiger partial charge is 0.0731 e. The second kappa shape index (κ2) is 4.45. The summed E-state index contributed by atoms with van der Waals surface area (Å²) in [6, 6.07) is 10.3. The maximum Gasteiger partial charge on any atom is 0.0731 e. The largest absolute Gasteiger partial charge is 0.255 e. The number of halogens is 2. The van der Waals surface area contributed by atoms with Gasteiger partial charge in [0.15, 0.2) is 0 Å². The lowest BCUT2D eigenvalue weighted by molar-refractivity contribution is 1.25. The third-order valence-corrected chi connectivity index (χ3v) is 3.12. The van der Waals surface area contributed by atoms with Crippen molar-refractivity contribution in [2.24, 2.45) is 0 Å². The number of aryl methyl sites for hydroxylation is 1. The van der Waals surface area contributed by atoms with Crippen LogP contribution in [0, 0.1) is 6.92 Å². The molecule has 0 aliphatic heterocycles. The molecule has 0 saturated heterocycles. The summed E-state index contributed by atoms with van der Waals surface area (Å²) in [5.74, 6) is 0. The average molecular weight is 327 g/mol. The number of nitrogens with zero attached hydrogens (tertiary/aromatic N) is 1. The molecule has 0 aliphatic carbocycles. The van der Waals surface area contributed by atoms with Gasteiger partial charge in [0.2, 0.25) is 0 Å². The molecule has 0 saturated carbocycles. The predicted octanol–water partition coefficient (Wildman–Crippen LogP) is 4.58. The van der Waals surface area contributed by atoms with E-state index in [1.807, 2.05) is 18.3 Å². The molecule has 0 spiro atoms. The summed E-state index contributed by atoms with van der Waals surface area (Å²) in [6.07, 6.45) is 1.82. The highest BCUT2D eigenvalue weighted by atomic mass is 79.9. The highest BCUT2D eigenvalue weighted by Crippen LogP contribution is 2.24. The Bertz CT molecular complexity index is 477. The van der Waals surface area contributed by atoms with Crippen molar-refractivity contribution in [3.63, 3.8) is 0 Å². The van der Waals surface area contributed by atoms with Crippen LogP contribution in [0.3, 0.4) is 0 Å².